The molecule has 0 fully saturated rings. The Bertz CT molecular complexity index is 454. The van der Waals surface area contributed by atoms with Crippen molar-refractivity contribution >= 4 is 17.3 Å². The second-order valence-electron chi connectivity index (χ2n) is 3.08. The molecule has 0 bridgehead atoms. The lowest BCUT2D eigenvalue weighted by atomic mass is 10.3. The summed E-state index contributed by atoms with van der Waals surface area (Å²) < 4.78 is 12.6. The summed E-state index contributed by atoms with van der Waals surface area (Å²) in [4.78, 5) is 4.06. The number of anilines is 3. The predicted octanol–water partition coefficient (Wildman–Crippen LogP) is 2.55. The van der Waals surface area contributed by atoms with Crippen molar-refractivity contribution in [3.63, 3.8) is 0 Å². The Morgan fingerprint density at radius 1 is 1.07 bits per heavy atom. The van der Waals surface area contributed by atoms with Crippen molar-refractivity contribution in [2.45, 2.75) is 0 Å². The minimum atomic E-state index is -0.263. The van der Waals surface area contributed by atoms with Crippen LogP contribution in [0.25, 0.3) is 0 Å². The Labute approximate surface area is 86.8 Å². The third kappa shape index (κ3) is 2.43. The molecule has 15 heavy (non-hydrogen) atoms. The van der Waals surface area contributed by atoms with Gasteiger partial charge in [0.2, 0.25) is 0 Å². The van der Waals surface area contributed by atoms with Crippen LogP contribution in [0.2, 0.25) is 0 Å². The summed E-state index contributed by atoms with van der Waals surface area (Å²) in [5.74, 6) is 0.824. The molecular weight excluding hydrogens is 193 g/mol. The van der Waals surface area contributed by atoms with Crippen LogP contribution in [-0.2, 0) is 0 Å². The Morgan fingerprint density at radius 2 is 1.80 bits per heavy atom. The highest BCUT2D eigenvalue weighted by atomic mass is 19.1. The fourth-order valence-electron chi connectivity index (χ4n) is 1.20. The number of pyridine rings is 1. The number of nitrogens with zero attached hydrogens (tertiary/aromatic N) is 1. The monoisotopic (exact) mass is 203 g/mol. The number of halogens is 1. The number of hydrogen-bond acceptors (Lipinski definition) is 3. The molecule has 0 amide bonds. The summed E-state index contributed by atoms with van der Waals surface area (Å²) in [6.07, 6.45) is 0. The minimum Gasteiger partial charge on any atom is -0.384 e. The van der Waals surface area contributed by atoms with Crippen molar-refractivity contribution in [2.75, 3.05) is 11.1 Å². The van der Waals surface area contributed by atoms with Gasteiger partial charge in [0.1, 0.15) is 17.5 Å². The Kier molecular flexibility index (Phi) is 2.49. The Hall–Kier alpha value is -2.10. The van der Waals surface area contributed by atoms with E-state index in [4.69, 9.17) is 5.73 Å². The Morgan fingerprint density at radius 3 is 2.47 bits per heavy atom. The highest BCUT2D eigenvalue weighted by molar-refractivity contribution is 5.57. The molecule has 0 unspecified atom stereocenters. The van der Waals surface area contributed by atoms with E-state index in [1.165, 1.54) is 12.1 Å². The summed E-state index contributed by atoms with van der Waals surface area (Å²) in [7, 11) is 0. The third-order valence-electron chi connectivity index (χ3n) is 1.89. The van der Waals surface area contributed by atoms with Gasteiger partial charge < -0.3 is 11.1 Å². The molecule has 0 radical (unpaired) electrons. The van der Waals surface area contributed by atoms with Crippen LogP contribution in [0.3, 0.4) is 0 Å². The summed E-state index contributed by atoms with van der Waals surface area (Å²) in [5, 5.41) is 3.01. The van der Waals surface area contributed by atoms with Crippen molar-refractivity contribution in [1.82, 2.24) is 4.98 Å². The average Bonchev–Trinajstić information content (AvgIpc) is 2.22. The number of hydrogen-bond donors (Lipinski definition) is 2. The van der Waals surface area contributed by atoms with Crippen molar-refractivity contribution in [3.05, 3.63) is 48.3 Å². The number of nitrogens with one attached hydrogen (secondary N) is 1. The van der Waals surface area contributed by atoms with Gasteiger partial charge in [-0.2, -0.15) is 0 Å². The van der Waals surface area contributed by atoms with Crippen LogP contribution < -0.4 is 11.1 Å². The van der Waals surface area contributed by atoms with Gasteiger partial charge in [-0.25, -0.2) is 9.37 Å². The maximum Gasteiger partial charge on any atom is 0.132 e. The van der Waals surface area contributed by atoms with Gasteiger partial charge in [0.15, 0.2) is 0 Å². The first-order valence-corrected chi connectivity index (χ1v) is 4.49. The van der Waals surface area contributed by atoms with Gasteiger partial charge in [0, 0.05) is 5.69 Å². The molecule has 1 aromatic carbocycles. The standard InChI is InChI=1S/C11H10FN3/c12-8-4-6-9(7-5-8)14-11-3-1-2-10(13)15-11/h1-7H,(H3,13,14,15). The predicted molar refractivity (Wildman–Crippen MR) is 58.3 cm³/mol. The second kappa shape index (κ2) is 3.96. The molecule has 2 rings (SSSR count). The van der Waals surface area contributed by atoms with Crippen molar-refractivity contribution in [3.8, 4) is 0 Å². The lowest BCUT2D eigenvalue weighted by Gasteiger charge is -2.05. The molecule has 0 saturated carbocycles. The zero-order chi connectivity index (χ0) is 10.7. The molecule has 76 valence electrons. The van der Waals surface area contributed by atoms with E-state index in [1.807, 2.05) is 0 Å². The molecule has 4 heteroatoms. The third-order valence-corrected chi connectivity index (χ3v) is 1.89. The van der Waals surface area contributed by atoms with Gasteiger partial charge in [0.25, 0.3) is 0 Å². The van der Waals surface area contributed by atoms with E-state index in [9.17, 15) is 4.39 Å². The molecule has 0 spiro atoms. The molecule has 0 saturated heterocycles. The summed E-state index contributed by atoms with van der Waals surface area (Å²) >= 11 is 0. The largest absolute Gasteiger partial charge is 0.384 e. The van der Waals surface area contributed by atoms with E-state index in [2.05, 4.69) is 10.3 Å². The van der Waals surface area contributed by atoms with Crippen molar-refractivity contribution in [2.24, 2.45) is 0 Å². The molecule has 2 aromatic rings. The molecular formula is C11H10FN3. The van der Waals surface area contributed by atoms with Gasteiger partial charge in [-0.3, -0.25) is 0 Å². The van der Waals surface area contributed by atoms with Gasteiger partial charge in [-0.05, 0) is 36.4 Å². The average molecular weight is 203 g/mol. The number of nitrogen functional groups attached to an aromatic ring is 1. The first-order valence-electron chi connectivity index (χ1n) is 4.49. The van der Waals surface area contributed by atoms with Crippen LogP contribution in [-0.4, -0.2) is 4.98 Å². The fraction of sp³-hybridized carbons (Fsp3) is 0. The Balaban J connectivity index is 2.18. The van der Waals surface area contributed by atoms with Gasteiger partial charge >= 0.3 is 0 Å². The molecule has 0 atom stereocenters. The zero-order valence-corrected chi connectivity index (χ0v) is 7.94. The molecule has 3 nitrogen and oxygen atoms in total. The van der Waals surface area contributed by atoms with Crippen LogP contribution in [0.15, 0.2) is 42.5 Å². The summed E-state index contributed by atoms with van der Waals surface area (Å²) in [5.41, 5.74) is 6.30. The molecule has 0 aliphatic heterocycles. The first-order chi connectivity index (χ1) is 7.24. The smallest absolute Gasteiger partial charge is 0.132 e. The normalized spacial score (nSPS) is 9.93. The van der Waals surface area contributed by atoms with Crippen LogP contribution in [0.4, 0.5) is 21.7 Å². The highest BCUT2D eigenvalue weighted by Crippen LogP contribution is 2.15. The number of aromatic nitrogens is 1. The fourth-order valence-corrected chi connectivity index (χ4v) is 1.20. The van der Waals surface area contributed by atoms with E-state index >= 15 is 0 Å². The van der Waals surface area contributed by atoms with Gasteiger partial charge in [0.05, 0.1) is 0 Å². The number of rotatable bonds is 2. The van der Waals surface area contributed by atoms with Crippen LogP contribution >= 0.6 is 0 Å². The van der Waals surface area contributed by atoms with Crippen molar-refractivity contribution in [1.29, 1.82) is 0 Å². The first kappa shape index (κ1) is 9.45. The minimum absolute atomic E-state index is 0.263. The van der Waals surface area contributed by atoms with Gasteiger partial charge in [-0.1, -0.05) is 6.07 Å². The van der Waals surface area contributed by atoms with Crippen LogP contribution in [0.5, 0.6) is 0 Å². The van der Waals surface area contributed by atoms with Crippen LogP contribution in [0.1, 0.15) is 0 Å². The van der Waals surface area contributed by atoms with E-state index in [1.54, 1.807) is 30.3 Å². The van der Waals surface area contributed by atoms with E-state index in [-0.39, 0.29) is 5.82 Å². The SMILES string of the molecule is Nc1cccc(Nc2ccc(F)cc2)n1. The maximum absolute atomic E-state index is 12.6. The number of nitrogens with two attached hydrogens (primary N) is 1. The zero-order valence-electron chi connectivity index (χ0n) is 7.94. The van der Waals surface area contributed by atoms with Gasteiger partial charge in [-0.15, -0.1) is 0 Å². The molecule has 1 aromatic heterocycles. The van der Waals surface area contributed by atoms with E-state index in [0.717, 1.165) is 5.69 Å². The van der Waals surface area contributed by atoms with Crippen molar-refractivity contribution < 1.29 is 4.39 Å². The maximum atomic E-state index is 12.6. The second-order valence-corrected chi connectivity index (χ2v) is 3.08. The lowest BCUT2D eigenvalue weighted by Crippen LogP contribution is -1.96. The molecule has 1 heterocycles. The molecule has 0 aliphatic rings. The summed E-state index contributed by atoms with van der Waals surface area (Å²) in [6.45, 7) is 0. The van der Waals surface area contributed by atoms with E-state index in [0.29, 0.717) is 11.6 Å². The highest BCUT2D eigenvalue weighted by Gasteiger charge is 1.96. The topological polar surface area (TPSA) is 50.9 Å². The van der Waals surface area contributed by atoms with E-state index < -0.39 is 0 Å². The molecule has 0 aliphatic carbocycles. The number of benzene rings is 1. The van der Waals surface area contributed by atoms with Crippen LogP contribution in [0, 0.1) is 5.82 Å². The molecule has 3 N–H and O–H groups in total. The quantitative estimate of drug-likeness (QED) is 0.788. The lowest BCUT2D eigenvalue weighted by molar-refractivity contribution is 0.628. The summed E-state index contributed by atoms with van der Waals surface area (Å²) in [6, 6.07) is 11.3.